The summed E-state index contributed by atoms with van der Waals surface area (Å²) in [6.45, 7) is 1.46. The van der Waals surface area contributed by atoms with Crippen molar-refractivity contribution in [2.24, 2.45) is 21.1 Å². The molecule has 13 heteroatoms. The molecule has 2 N–H and O–H groups in total. The quantitative estimate of drug-likeness (QED) is 0.486. The molecule has 0 spiro atoms. The molecule has 158 valence electrons. The number of carboxylic acids is 1. The summed E-state index contributed by atoms with van der Waals surface area (Å²) in [4.78, 5) is 63.3. The van der Waals surface area contributed by atoms with Crippen molar-refractivity contribution in [1.82, 2.24) is 18.7 Å². The second-order valence-electron chi connectivity index (χ2n) is 6.30. The third kappa shape index (κ3) is 4.03. The van der Waals surface area contributed by atoms with Gasteiger partial charge in [0.05, 0.1) is 19.4 Å². The lowest BCUT2D eigenvalue weighted by atomic mass is 9.96. The average molecular weight is 412 g/mol. The van der Waals surface area contributed by atoms with Gasteiger partial charge in [-0.05, 0) is 6.92 Å². The molecule has 2 aromatic rings. The topological polar surface area (TPSA) is 172 Å². The number of ether oxygens (including phenoxy) is 2. The van der Waals surface area contributed by atoms with E-state index in [0.29, 0.717) is 0 Å². The summed E-state index contributed by atoms with van der Waals surface area (Å²) in [6.07, 6.45) is -2.05. The zero-order chi connectivity index (χ0) is 22.1. The fraction of sp³-hybridized carbons (Fsp3) is 0.500. The molecule has 29 heavy (non-hydrogen) atoms. The van der Waals surface area contributed by atoms with Crippen LogP contribution in [0.25, 0.3) is 11.2 Å². The molecule has 0 amide bonds. The molecule has 0 saturated carbocycles. The van der Waals surface area contributed by atoms with Crippen molar-refractivity contribution in [1.29, 1.82) is 0 Å². The van der Waals surface area contributed by atoms with Crippen molar-refractivity contribution in [2.75, 3.05) is 6.61 Å². The summed E-state index contributed by atoms with van der Waals surface area (Å²) in [7, 11) is 3.99. The highest BCUT2D eigenvalue weighted by molar-refractivity contribution is 5.89. The average Bonchev–Trinajstić information content (AvgIpc) is 2.94. The third-order valence-corrected chi connectivity index (χ3v) is 4.22. The molecule has 1 unspecified atom stereocenters. The van der Waals surface area contributed by atoms with E-state index in [4.69, 9.17) is 4.74 Å². The van der Waals surface area contributed by atoms with Crippen LogP contribution in [0.1, 0.15) is 19.8 Å². The van der Waals surface area contributed by atoms with Crippen LogP contribution < -0.4 is 16.0 Å². The highest BCUT2D eigenvalue weighted by Crippen LogP contribution is 2.20. The highest BCUT2D eigenvalue weighted by atomic mass is 16.6. The van der Waals surface area contributed by atoms with Crippen LogP contribution in [-0.4, -0.2) is 59.0 Å². The molecule has 0 aliphatic heterocycles. The van der Waals surface area contributed by atoms with Gasteiger partial charge in [0.1, 0.15) is 0 Å². The van der Waals surface area contributed by atoms with Gasteiger partial charge in [0.25, 0.3) is 5.56 Å². The normalized spacial score (nSPS) is 13.1. The maximum absolute atomic E-state index is 12.3. The van der Waals surface area contributed by atoms with Crippen molar-refractivity contribution in [3.8, 4) is 6.01 Å². The van der Waals surface area contributed by atoms with Crippen LogP contribution in [0.5, 0.6) is 6.01 Å². The van der Waals surface area contributed by atoms with Crippen LogP contribution in [-0.2, 0) is 40.3 Å². The first-order valence-electron chi connectivity index (χ1n) is 8.37. The van der Waals surface area contributed by atoms with Crippen molar-refractivity contribution in [3.05, 3.63) is 20.8 Å². The summed E-state index contributed by atoms with van der Waals surface area (Å²) in [5.74, 6) is -4.05. The summed E-state index contributed by atoms with van der Waals surface area (Å²) < 4.78 is 12.6. The van der Waals surface area contributed by atoms with Crippen LogP contribution in [0.2, 0.25) is 0 Å². The smallest absolute Gasteiger partial charge is 0.336 e. The molecular formula is C16H20N4O9. The minimum absolute atomic E-state index is 0.0302. The van der Waals surface area contributed by atoms with Crippen molar-refractivity contribution < 1.29 is 34.1 Å². The second kappa shape index (κ2) is 7.87. The number of aliphatic carboxylic acids is 1. The number of hydrogen-bond acceptors (Lipinski definition) is 9. The van der Waals surface area contributed by atoms with Gasteiger partial charge in [0, 0.05) is 21.1 Å². The number of carbonyl (C=O) groups excluding carboxylic acids is 2. The maximum atomic E-state index is 12.3. The van der Waals surface area contributed by atoms with E-state index >= 15 is 0 Å². The van der Waals surface area contributed by atoms with E-state index in [1.807, 2.05) is 0 Å². The summed E-state index contributed by atoms with van der Waals surface area (Å²) in [5, 5.41) is 19.4. The Morgan fingerprint density at radius 1 is 1.03 bits per heavy atom. The molecule has 1 atom stereocenters. The van der Waals surface area contributed by atoms with E-state index in [0.717, 1.165) is 13.7 Å². The van der Waals surface area contributed by atoms with Crippen molar-refractivity contribution in [3.63, 3.8) is 0 Å². The molecule has 0 aliphatic carbocycles. The van der Waals surface area contributed by atoms with Crippen molar-refractivity contribution in [2.45, 2.75) is 25.4 Å². The Balaban J connectivity index is 2.35. The van der Waals surface area contributed by atoms with Gasteiger partial charge in [-0.15, -0.1) is 0 Å². The third-order valence-electron chi connectivity index (χ3n) is 4.22. The molecule has 0 fully saturated rings. The Morgan fingerprint density at radius 3 is 2.17 bits per heavy atom. The summed E-state index contributed by atoms with van der Waals surface area (Å²) in [5.41, 5.74) is -4.16. The number of aryl methyl sites for hydroxylation is 2. The Bertz CT molecular complexity index is 1110. The Labute approximate surface area is 162 Å². The van der Waals surface area contributed by atoms with Gasteiger partial charge in [-0.2, -0.15) is 4.98 Å². The van der Waals surface area contributed by atoms with Gasteiger partial charge >= 0.3 is 29.6 Å². The van der Waals surface area contributed by atoms with Gasteiger partial charge in [0.15, 0.2) is 16.8 Å². The summed E-state index contributed by atoms with van der Waals surface area (Å²) in [6, 6.07) is -0.396. The van der Waals surface area contributed by atoms with Crippen LogP contribution in [0.3, 0.4) is 0 Å². The summed E-state index contributed by atoms with van der Waals surface area (Å²) >= 11 is 0. The van der Waals surface area contributed by atoms with Crippen LogP contribution in [0.15, 0.2) is 9.59 Å². The molecule has 0 aliphatic rings. The Morgan fingerprint density at radius 2 is 1.62 bits per heavy atom. The number of nitrogens with zero attached hydrogens (tertiary/aromatic N) is 4. The molecular weight excluding hydrogens is 392 g/mol. The van der Waals surface area contributed by atoms with Crippen molar-refractivity contribution >= 4 is 29.1 Å². The number of hydrogen-bond donors (Lipinski definition) is 2. The number of aromatic nitrogens is 4. The molecule has 2 aromatic heterocycles. The molecule has 0 bridgehead atoms. The number of rotatable bonds is 7. The van der Waals surface area contributed by atoms with E-state index in [2.05, 4.69) is 9.72 Å². The molecule has 2 heterocycles. The SMILES string of the molecule is CCOC(=O)CC(O)(CC(=O)Oc1nc2c(c(=O)n(C)c(=O)n2C)n1C)C(=O)O. The first kappa shape index (κ1) is 21.8. The second-order valence-corrected chi connectivity index (χ2v) is 6.30. The number of esters is 2. The standard InChI is InChI=1S/C16H20N4O9/c1-5-28-8(21)6-16(27,13(24)25)7-9(22)29-14-17-11-10(18(14)2)12(23)20(4)15(26)19(11)3/h27H,5-7H2,1-4H3,(H,24,25). The minimum atomic E-state index is -2.75. The van der Waals surface area contributed by atoms with E-state index in [1.165, 1.54) is 28.1 Å². The minimum Gasteiger partial charge on any atom is -0.479 e. The number of imidazole rings is 1. The first-order chi connectivity index (χ1) is 13.4. The van der Waals surface area contributed by atoms with Gasteiger partial charge in [-0.1, -0.05) is 0 Å². The van der Waals surface area contributed by atoms with Gasteiger partial charge < -0.3 is 19.7 Å². The molecule has 0 saturated heterocycles. The number of carbonyl (C=O) groups is 3. The monoisotopic (exact) mass is 412 g/mol. The predicted molar refractivity (Wildman–Crippen MR) is 95.3 cm³/mol. The van der Waals surface area contributed by atoms with Crippen LogP contribution >= 0.6 is 0 Å². The first-order valence-corrected chi connectivity index (χ1v) is 8.37. The van der Waals surface area contributed by atoms with Crippen LogP contribution in [0.4, 0.5) is 0 Å². The largest absolute Gasteiger partial charge is 0.479 e. The lowest BCUT2D eigenvalue weighted by Crippen LogP contribution is -2.44. The van der Waals surface area contributed by atoms with E-state index in [-0.39, 0.29) is 17.8 Å². The lowest BCUT2D eigenvalue weighted by Gasteiger charge is -2.21. The van der Waals surface area contributed by atoms with Gasteiger partial charge in [0.2, 0.25) is 0 Å². The lowest BCUT2D eigenvalue weighted by molar-refractivity contribution is -0.171. The van der Waals surface area contributed by atoms with E-state index < -0.39 is 53.6 Å². The van der Waals surface area contributed by atoms with Crippen LogP contribution in [0, 0.1) is 0 Å². The number of aliphatic hydroxyl groups is 1. The molecule has 0 aromatic carbocycles. The predicted octanol–water partition coefficient (Wildman–Crippen LogP) is -1.96. The fourth-order valence-electron chi connectivity index (χ4n) is 2.63. The molecule has 2 rings (SSSR count). The zero-order valence-electron chi connectivity index (χ0n) is 16.2. The van der Waals surface area contributed by atoms with Gasteiger partial charge in [-0.25, -0.2) is 9.59 Å². The Hall–Kier alpha value is -3.48. The Kier molecular flexibility index (Phi) is 5.92. The highest BCUT2D eigenvalue weighted by Gasteiger charge is 2.42. The molecule has 0 radical (unpaired) electrons. The van der Waals surface area contributed by atoms with E-state index in [9.17, 15) is 34.2 Å². The van der Waals surface area contributed by atoms with E-state index in [1.54, 1.807) is 0 Å². The molecule has 13 nitrogen and oxygen atoms in total. The number of fused-ring (bicyclic) bond motifs is 1. The fourth-order valence-corrected chi connectivity index (χ4v) is 2.63. The van der Waals surface area contributed by atoms with Gasteiger partial charge in [-0.3, -0.25) is 28.1 Å². The zero-order valence-corrected chi connectivity index (χ0v) is 16.2. The number of carboxylic acid groups (broad SMARTS) is 1. The maximum Gasteiger partial charge on any atom is 0.336 e.